The van der Waals surface area contributed by atoms with Crippen molar-refractivity contribution in [3.8, 4) is 0 Å². The summed E-state index contributed by atoms with van der Waals surface area (Å²) in [5, 5.41) is 22.5. The Morgan fingerprint density at radius 2 is 1.15 bits per heavy atom. The minimum absolute atomic E-state index is 0.0961. The number of rotatable bonds is 36. The predicted molar refractivity (Wildman–Crippen MR) is 213 cm³/mol. The highest BCUT2D eigenvalue weighted by atomic mass is 16.5. The molecule has 2 unspecified atom stereocenters. The summed E-state index contributed by atoms with van der Waals surface area (Å²) in [5.74, 6) is -2.35. The minimum atomic E-state index is -1.38. The summed E-state index contributed by atoms with van der Waals surface area (Å²) >= 11 is 0. The van der Waals surface area contributed by atoms with Gasteiger partial charge in [0.1, 0.15) is 12.1 Å². The van der Waals surface area contributed by atoms with E-state index in [9.17, 15) is 19.2 Å². The van der Waals surface area contributed by atoms with Crippen molar-refractivity contribution < 1.29 is 34.1 Å². The molecule has 0 bridgehead atoms. The molecule has 9 heteroatoms. The monoisotopic (exact) mass is 731 g/mol. The summed E-state index contributed by atoms with van der Waals surface area (Å²) in [7, 11) is 0. The van der Waals surface area contributed by atoms with Gasteiger partial charge in [-0.05, 0) is 76.7 Å². The molecule has 4 N–H and O–H groups in total. The highest BCUT2D eigenvalue weighted by Gasteiger charge is 2.18. The van der Waals surface area contributed by atoms with Crippen LogP contribution in [0.25, 0.3) is 0 Å². The molecule has 0 radical (unpaired) electrons. The lowest BCUT2D eigenvalue weighted by Gasteiger charge is -2.15. The molecule has 0 saturated heterocycles. The van der Waals surface area contributed by atoms with Gasteiger partial charge in [0.2, 0.25) is 11.8 Å². The quantitative estimate of drug-likeness (QED) is 0.0286. The lowest BCUT2D eigenvalue weighted by Crippen LogP contribution is -2.47. The number of aliphatic hydroxyl groups is 1. The van der Waals surface area contributed by atoms with E-state index < -0.39 is 24.5 Å². The largest absolute Gasteiger partial charge is 0.480 e. The Morgan fingerprint density at radius 1 is 0.615 bits per heavy atom. The first-order valence-electron chi connectivity index (χ1n) is 20.5. The number of hydrogen-bond donors (Lipinski definition) is 4. The second kappa shape index (κ2) is 37.6. The normalized spacial score (nSPS) is 13.0. The van der Waals surface area contributed by atoms with E-state index in [1.165, 1.54) is 51.4 Å². The number of carbonyl (C=O) groups is 4. The van der Waals surface area contributed by atoms with Gasteiger partial charge in [0.25, 0.3) is 0 Å². The lowest BCUT2D eigenvalue weighted by atomic mass is 10.0. The molecule has 0 aliphatic heterocycles. The summed E-state index contributed by atoms with van der Waals surface area (Å²) < 4.78 is 5.92. The first kappa shape index (κ1) is 48.8. The smallest absolute Gasteiger partial charge is 0.328 e. The van der Waals surface area contributed by atoms with Gasteiger partial charge in [0.15, 0.2) is 0 Å². The number of nitrogens with one attached hydrogen (secondary N) is 2. The molecule has 0 rings (SSSR count). The van der Waals surface area contributed by atoms with Gasteiger partial charge in [-0.25, -0.2) is 4.79 Å². The van der Waals surface area contributed by atoms with E-state index in [2.05, 4.69) is 73.1 Å². The molecule has 0 fully saturated rings. The van der Waals surface area contributed by atoms with Crippen LogP contribution >= 0.6 is 0 Å². The molecule has 0 aromatic rings. The van der Waals surface area contributed by atoms with Crippen LogP contribution in [-0.2, 0) is 23.9 Å². The van der Waals surface area contributed by atoms with Crippen LogP contribution < -0.4 is 10.6 Å². The number of aliphatic carboxylic acids is 1. The fourth-order valence-corrected chi connectivity index (χ4v) is 5.64. The van der Waals surface area contributed by atoms with E-state index in [4.69, 9.17) is 14.9 Å². The second-order valence-corrected chi connectivity index (χ2v) is 13.7. The molecule has 2 atom stereocenters. The Morgan fingerprint density at radius 3 is 1.77 bits per heavy atom. The number of esters is 1. The molecule has 0 saturated carbocycles. The van der Waals surface area contributed by atoms with Crippen molar-refractivity contribution in [1.29, 1.82) is 0 Å². The highest BCUT2D eigenvalue weighted by Crippen LogP contribution is 2.15. The van der Waals surface area contributed by atoms with Crippen molar-refractivity contribution in [2.45, 2.75) is 187 Å². The average molecular weight is 731 g/mol. The van der Waals surface area contributed by atoms with Crippen LogP contribution in [0.15, 0.2) is 48.6 Å². The molecule has 298 valence electrons. The number of allylic oxidation sites excluding steroid dienone is 7. The number of ether oxygens (including phenoxy) is 1. The molecule has 2 amide bonds. The fraction of sp³-hybridized carbons (Fsp3) is 0.721. The standard InChI is InChI=1S/C43H74N2O7/c1-3-5-7-9-11-13-14-15-16-17-18-19-21-27-31-35-42(49)52-38(32-28-24-20-12-10-8-6-4-2)33-29-25-22-23-26-30-34-40(47)44-36-41(48)45-39(37-46)43(50)51/h5,7,11,13,15-16,28,32,38-39,46H,3-4,6,8-10,12,14,17-27,29-31,33-37H2,1-2H3,(H,44,47)(H,45,48)(H,50,51)/b7-5-,13-11-,16-15-,32-28-. The molecule has 0 aliphatic carbocycles. The third-order valence-corrected chi connectivity index (χ3v) is 8.79. The maximum absolute atomic E-state index is 12.7. The molecular formula is C43H74N2O7. The zero-order valence-corrected chi connectivity index (χ0v) is 32.8. The first-order valence-corrected chi connectivity index (χ1v) is 20.5. The van der Waals surface area contributed by atoms with Crippen molar-refractivity contribution in [3.63, 3.8) is 0 Å². The van der Waals surface area contributed by atoms with E-state index in [1.54, 1.807) is 0 Å². The Bertz CT molecular complexity index is 1020. The van der Waals surface area contributed by atoms with Crippen LogP contribution in [0.1, 0.15) is 174 Å². The number of carbonyl (C=O) groups excluding carboxylic acids is 3. The van der Waals surface area contributed by atoms with E-state index in [-0.39, 0.29) is 24.5 Å². The van der Waals surface area contributed by atoms with Gasteiger partial charge in [-0.2, -0.15) is 0 Å². The van der Waals surface area contributed by atoms with Gasteiger partial charge < -0.3 is 25.6 Å². The molecule has 0 spiro atoms. The third kappa shape index (κ3) is 33.9. The number of carboxylic acid groups (broad SMARTS) is 1. The van der Waals surface area contributed by atoms with Crippen molar-refractivity contribution in [3.05, 3.63) is 48.6 Å². The summed E-state index contributed by atoms with van der Waals surface area (Å²) in [5.41, 5.74) is 0. The van der Waals surface area contributed by atoms with Crippen LogP contribution in [0.4, 0.5) is 0 Å². The van der Waals surface area contributed by atoms with Gasteiger partial charge in [-0.15, -0.1) is 0 Å². The zero-order valence-electron chi connectivity index (χ0n) is 32.8. The molecule has 52 heavy (non-hydrogen) atoms. The lowest BCUT2D eigenvalue weighted by molar-refractivity contribution is -0.147. The SMILES string of the molecule is CC/C=C\C/C=C\C/C=C\CCCCCCCC(=O)OC(/C=C\CCCCCCCC)CCCCCCCCC(=O)NCC(=O)NC(CO)C(=O)O. The topological polar surface area (TPSA) is 142 Å². The van der Waals surface area contributed by atoms with Gasteiger partial charge >= 0.3 is 11.9 Å². The molecule has 9 nitrogen and oxygen atoms in total. The number of hydrogen-bond acceptors (Lipinski definition) is 6. The number of carboxylic acids is 1. The summed E-state index contributed by atoms with van der Waals surface area (Å²) in [6.45, 7) is 3.34. The van der Waals surface area contributed by atoms with Gasteiger partial charge in [0, 0.05) is 12.8 Å². The van der Waals surface area contributed by atoms with Crippen molar-refractivity contribution in [2.75, 3.05) is 13.2 Å². The fourth-order valence-electron chi connectivity index (χ4n) is 5.64. The molecule has 0 aromatic carbocycles. The van der Waals surface area contributed by atoms with E-state index in [0.717, 1.165) is 89.9 Å². The number of aliphatic hydroxyl groups excluding tert-OH is 1. The maximum atomic E-state index is 12.7. The molecule has 0 aromatic heterocycles. The Balaban J connectivity index is 4.27. The van der Waals surface area contributed by atoms with Crippen molar-refractivity contribution >= 4 is 23.8 Å². The van der Waals surface area contributed by atoms with Crippen LogP contribution in [0, 0.1) is 0 Å². The molecule has 0 aliphatic rings. The predicted octanol–water partition coefficient (Wildman–Crippen LogP) is 9.59. The minimum Gasteiger partial charge on any atom is -0.480 e. The summed E-state index contributed by atoms with van der Waals surface area (Å²) in [4.78, 5) is 47.3. The molecular weight excluding hydrogens is 656 g/mol. The first-order chi connectivity index (χ1) is 25.3. The Kier molecular flexibility index (Phi) is 35.2. The average Bonchev–Trinajstić information content (AvgIpc) is 3.13. The van der Waals surface area contributed by atoms with Gasteiger partial charge in [-0.1, -0.05) is 133 Å². The maximum Gasteiger partial charge on any atom is 0.328 e. The Hall–Kier alpha value is -3.20. The van der Waals surface area contributed by atoms with E-state index >= 15 is 0 Å². The third-order valence-electron chi connectivity index (χ3n) is 8.79. The van der Waals surface area contributed by atoms with Crippen LogP contribution in [0.2, 0.25) is 0 Å². The van der Waals surface area contributed by atoms with Crippen molar-refractivity contribution in [2.24, 2.45) is 0 Å². The summed E-state index contributed by atoms with van der Waals surface area (Å²) in [6.07, 6.45) is 43.0. The molecule has 0 heterocycles. The number of amides is 2. The van der Waals surface area contributed by atoms with Gasteiger partial charge in [0.05, 0.1) is 13.2 Å². The van der Waals surface area contributed by atoms with E-state index in [0.29, 0.717) is 19.3 Å². The van der Waals surface area contributed by atoms with Crippen LogP contribution in [0.3, 0.4) is 0 Å². The van der Waals surface area contributed by atoms with Crippen molar-refractivity contribution in [1.82, 2.24) is 10.6 Å². The Labute approximate surface area is 316 Å². The second-order valence-electron chi connectivity index (χ2n) is 13.7. The number of unbranched alkanes of at least 4 members (excludes halogenated alkanes) is 16. The zero-order chi connectivity index (χ0) is 38.3. The van der Waals surface area contributed by atoms with Gasteiger partial charge in [-0.3, -0.25) is 14.4 Å². The summed E-state index contributed by atoms with van der Waals surface area (Å²) in [6, 6.07) is -1.38. The van der Waals surface area contributed by atoms with E-state index in [1.807, 2.05) is 0 Å². The van der Waals surface area contributed by atoms with Crippen LogP contribution in [0.5, 0.6) is 0 Å². The highest BCUT2D eigenvalue weighted by molar-refractivity contribution is 5.87. The van der Waals surface area contributed by atoms with Crippen LogP contribution in [-0.4, -0.2) is 59.3 Å².